The Morgan fingerprint density at radius 1 is 1.21 bits per heavy atom. The van der Waals surface area contributed by atoms with Crippen LogP contribution in [-0.4, -0.2) is 10.7 Å². The maximum absolute atomic E-state index is 9.88. The van der Waals surface area contributed by atoms with Gasteiger partial charge in [0.25, 0.3) is 0 Å². The third-order valence-corrected chi connectivity index (χ3v) is 2.48. The molecule has 1 aromatic rings. The van der Waals surface area contributed by atoms with Crippen LogP contribution >= 0.6 is 11.3 Å². The Kier molecular flexibility index (Phi) is 2.93. The smallest absolute Gasteiger partial charge is 0.180 e. The largest absolute Gasteiger partial charge is 0.478 e. The van der Waals surface area contributed by atoms with E-state index in [1.165, 1.54) is 11.3 Å². The van der Waals surface area contributed by atoms with Crippen LogP contribution in [0.5, 0.6) is 5.06 Å². The number of hydrogen-bond acceptors (Lipinski definition) is 3. The van der Waals surface area contributed by atoms with Crippen molar-refractivity contribution in [1.29, 1.82) is 0 Å². The second-order valence-corrected chi connectivity index (χ2v) is 5.77. The molecule has 0 atom stereocenters. The van der Waals surface area contributed by atoms with Gasteiger partial charge in [-0.2, -0.15) is 0 Å². The zero-order valence-corrected chi connectivity index (χ0v) is 10.2. The highest BCUT2D eigenvalue weighted by atomic mass is 32.1. The molecule has 0 aliphatic carbocycles. The summed E-state index contributed by atoms with van der Waals surface area (Å²) in [6, 6.07) is 1.91. The van der Waals surface area contributed by atoms with Crippen LogP contribution in [-0.2, 0) is 5.60 Å². The van der Waals surface area contributed by atoms with Gasteiger partial charge in [-0.05, 0) is 46.1 Å². The lowest BCUT2D eigenvalue weighted by molar-refractivity contribution is 0.0681. The minimum Gasteiger partial charge on any atom is -0.478 e. The van der Waals surface area contributed by atoms with Crippen LogP contribution in [0.3, 0.4) is 0 Å². The number of ether oxygens (including phenoxy) is 1. The molecule has 14 heavy (non-hydrogen) atoms. The minimum atomic E-state index is -0.833. The second kappa shape index (κ2) is 3.55. The summed E-state index contributed by atoms with van der Waals surface area (Å²) in [4.78, 5) is 0. The molecule has 2 nitrogen and oxygen atoms in total. The normalized spacial score (nSPS) is 13.0. The van der Waals surface area contributed by atoms with Gasteiger partial charge in [0.05, 0.1) is 5.60 Å². The molecule has 0 bridgehead atoms. The van der Waals surface area contributed by atoms with Gasteiger partial charge < -0.3 is 9.84 Å². The fourth-order valence-corrected chi connectivity index (χ4v) is 2.18. The lowest BCUT2D eigenvalue weighted by Gasteiger charge is -2.24. The van der Waals surface area contributed by atoms with E-state index in [1.54, 1.807) is 13.8 Å². The lowest BCUT2D eigenvalue weighted by atomic mass is 10.0. The predicted molar refractivity (Wildman–Crippen MR) is 59.9 cm³/mol. The molecule has 0 saturated carbocycles. The van der Waals surface area contributed by atoms with E-state index >= 15 is 0 Å². The van der Waals surface area contributed by atoms with Crippen LogP contribution in [0.4, 0.5) is 0 Å². The molecule has 1 N–H and O–H groups in total. The number of rotatable bonds is 2. The monoisotopic (exact) mass is 214 g/mol. The van der Waals surface area contributed by atoms with Gasteiger partial charge in [0.2, 0.25) is 0 Å². The van der Waals surface area contributed by atoms with Gasteiger partial charge in [-0.25, -0.2) is 0 Å². The third kappa shape index (κ3) is 3.00. The fourth-order valence-electron chi connectivity index (χ4n) is 1.11. The Hall–Kier alpha value is -0.540. The first kappa shape index (κ1) is 11.5. The summed E-state index contributed by atoms with van der Waals surface area (Å²) in [5, 5.41) is 12.6. The minimum absolute atomic E-state index is 0.217. The molecule has 0 aromatic carbocycles. The predicted octanol–water partition coefficient (Wildman–Crippen LogP) is 3.15. The molecule has 0 unspecified atom stereocenters. The molecule has 0 saturated heterocycles. The van der Waals surface area contributed by atoms with Gasteiger partial charge in [0.1, 0.15) is 5.60 Å². The van der Waals surface area contributed by atoms with E-state index in [0.29, 0.717) is 0 Å². The Balaban J connectivity index is 2.95. The zero-order valence-electron chi connectivity index (χ0n) is 9.42. The van der Waals surface area contributed by atoms with Gasteiger partial charge in [-0.1, -0.05) is 0 Å². The van der Waals surface area contributed by atoms with Crippen LogP contribution in [0.25, 0.3) is 0 Å². The average Bonchev–Trinajstić information content (AvgIpc) is 2.29. The van der Waals surface area contributed by atoms with Crippen molar-refractivity contribution in [3.05, 3.63) is 17.0 Å². The maximum Gasteiger partial charge on any atom is 0.180 e. The highest BCUT2D eigenvalue weighted by Gasteiger charge is 2.24. The second-order valence-electron chi connectivity index (χ2n) is 4.90. The summed E-state index contributed by atoms with van der Waals surface area (Å²) in [5.41, 5.74) is -0.191. The SMILES string of the molecule is CC(C)(C)Oc1sccc1C(C)(C)O. The molecule has 0 radical (unpaired) electrons. The molecule has 1 rings (SSSR count). The first-order valence-corrected chi connectivity index (χ1v) is 5.57. The quantitative estimate of drug-likeness (QED) is 0.819. The molecular formula is C11H18O2S. The standard InChI is InChI=1S/C11H18O2S/c1-10(2,3)13-9-8(6-7-14-9)11(4,5)12/h6-7,12H,1-5H3. The summed E-state index contributed by atoms with van der Waals surface area (Å²) in [6.07, 6.45) is 0. The van der Waals surface area contributed by atoms with E-state index in [2.05, 4.69) is 0 Å². The van der Waals surface area contributed by atoms with E-state index < -0.39 is 5.60 Å². The van der Waals surface area contributed by atoms with Crippen molar-refractivity contribution in [2.75, 3.05) is 0 Å². The summed E-state index contributed by atoms with van der Waals surface area (Å²) < 4.78 is 5.76. The first-order chi connectivity index (χ1) is 6.20. The van der Waals surface area contributed by atoms with Crippen molar-refractivity contribution in [3.63, 3.8) is 0 Å². The van der Waals surface area contributed by atoms with Crippen molar-refractivity contribution < 1.29 is 9.84 Å². The Morgan fingerprint density at radius 3 is 2.21 bits per heavy atom. The Morgan fingerprint density at radius 2 is 1.79 bits per heavy atom. The molecule has 3 heteroatoms. The molecule has 0 fully saturated rings. The summed E-state index contributed by atoms with van der Waals surface area (Å²) in [6.45, 7) is 9.54. The molecule has 1 heterocycles. The average molecular weight is 214 g/mol. The van der Waals surface area contributed by atoms with Crippen LogP contribution in [0.2, 0.25) is 0 Å². The molecule has 0 aliphatic heterocycles. The summed E-state index contributed by atoms with van der Waals surface area (Å²) >= 11 is 1.52. The highest BCUT2D eigenvalue weighted by Crippen LogP contribution is 2.36. The molecular weight excluding hydrogens is 196 g/mol. The van der Waals surface area contributed by atoms with Gasteiger partial charge in [0, 0.05) is 5.56 Å². The highest BCUT2D eigenvalue weighted by molar-refractivity contribution is 7.12. The first-order valence-electron chi connectivity index (χ1n) is 4.69. The Labute approximate surface area is 89.5 Å². The fraction of sp³-hybridized carbons (Fsp3) is 0.636. The maximum atomic E-state index is 9.88. The van der Waals surface area contributed by atoms with Crippen molar-refractivity contribution in [2.45, 2.75) is 45.8 Å². The van der Waals surface area contributed by atoms with Gasteiger partial charge in [-0.15, -0.1) is 11.3 Å². The number of thiophene rings is 1. The van der Waals surface area contributed by atoms with Crippen LogP contribution in [0.1, 0.15) is 40.2 Å². The van der Waals surface area contributed by atoms with E-state index in [4.69, 9.17) is 4.74 Å². The van der Waals surface area contributed by atoms with Crippen molar-refractivity contribution in [3.8, 4) is 5.06 Å². The number of hydrogen-bond donors (Lipinski definition) is 1. The van der Waals surface area contributed by atoms with E-state index in [0.717, 1.165) is 10.6 Å². The summed E-state index contributed by atoms with van der Waals surface area (Å²) in [7, 11) is 0. The summed E-state index contributed by atoms with van der Waals surface area (Å²) in [5.74, 6) is 0. The van der Waals surface area contributed by atoms with Gasteiger partial charge >= 0.3 is 0 Å². The molecule has 0 spiro atoms. The number of aliphatic hydroxyl groups is 1. The molecule has 0 amide bonds. The topological polar surface area (TPSA) is 29.5 Å². The third-order valence-electron chi connectivity index (χ3n) is 1.69. The van der Waals surface area contributed by atoms with Crippen LogP contribution in [0, 0.1) is 0 Å². The Bertz CT molecular complexity index is 302. The van der Waals surface area contributed by atoms with E-state index in [9.17, 15) is 5.11 Å². The van der Waals surface area contributed by atoms with Crippen molar-refractivity contribution in [1.82, 2.24) is 0 Å². The van der Waals surface area contributed by atoms with Crippen LogP contribution in [0.15, 0.2) is 11.4 Å². The molecule has 0 aliphatic rings. The molecule has 80 valence electrons. The van der Waals surface area contributed by atoms with E-state index in [1.807, 2.05) is 32.2 Å². The van der Waals surface area contributed by atoms with Crippen molar-refractivity contribution >= 4 is 11.3 Å². The van der Waals surface area contributed by atoms with E-state index in [-0.39, 0.29) is 5.60 Å². The van der Waals surface area contributed by atoms with Gasteiger partial charge in [0.15, 0.2) is 5.06 Å². The zero-order chi connectivity index (χ0) is 11.0. The van der Waals surface area contributed by atoms with Crippen molar-refractivity contribution in [2.24, 2.45) is 0 Å². The van der Waals surface area contributed by atoms with Gasteiger partial charge in [-0.3, -0.25) is 0 Å². The molecule has 1 aromatic heterocycles. The lowest BCUT2D eigenvalue weighted by Crippen LogP contribution is -2.25. The van der Waals surface area contributed by atoms with Crippen LogP contribution < -0.4 is 4.74 Å².